The third kappa shape index (κ3) is 2.21. The maximum atomic E-state index is 12.7. The van der Waals surface area contributed by atoms with Crippen molar-refractivity contribution >= 4 is 11.4 Å². The van der Waals surface area contributed by atoms with Gasteiger partial charge in [0.15, 0.2) is 6.23 Å². The molecule has 1 fully saturated rings. The Kier molecular flexibility index (Phi) is 3.56. The summed E-state index contributed by atoms with van der Waals surface area (Å²) in [6.45, 7) is -0.511. The molecule has 0 saturated carbocycles. The van der Waals surface area contributed by atoms with Gasteiger partial charge >= 0.3 is 0 Å². The van der Waals surface area contributed by atoms with E-state index in [1.165, 1.54) is 6.20 Å². The van der Waals surface area contributed by atoms with Gasteiger partial charge in [0.05, 0.1) is 24.3 Å². The number of hydrogen-bond acceptors (Lipinski definition) is 6. The highest BCUT2D eigenvalue weighted by molar-refractivity contribution is 5.60. The predicted molar refractivity (Wildman–Crippen MR) is 65.7 cm³/mol. The van der Waals surface area contributed by atoms with Gasteiger partial charge in [-0.05, 0) is 0 Å². The minimum absolute atomic E-state index is 0.105. The molecule has 0 radical (unpaired) electrons. The van der Waals surface area contributed by atoms with Gasteiger partial charge in [-0.1, -0.05) is 0 Å². The van der Waals surface area contributed by atoms with E-state index in [-0.39, 0.29) is 23.3 Å². The summed E-state index contributed by atoms with van der Waals surface area (Å²) in [4.78, 5) is 11.8. The van der Waals surface area contributed by atoms with Crippen molar-refractivity contribution in [2.45, 2.75) is 18.4 Å². The number of aliphatic hydroxyl groups excluding tert-OH is 2. The molecule has 7 nitrogen and oxygen atoms in total. The summed E-state index contributed by atoms with van der Waals surface area (Å²) in [6.07, 6.45) is -2.17. The number of rotatable bonds is 2. The summed E-state index contributed by atoms with van der Waals surface area (Å²) < 4.78 is 18.9. The van der Waals surface area contributed by atoms with E-state index in [0.717, 1.165) is 10.6 Å². The molecule has 3 unspecified atom stereocenters. The van der Waals surface area contributed by atoms with E-state index >= 15 is 0 Å². The molecular formula is C11H14FN3O4. The van der Waals surface area contributed by atoms with E-state index in [1.807, 2.05) is 0 Å². The molecule has 19 heavy (non-hydrogen) atoms. The van der Waals surface area contributed by atoms with Gasteiger partial charge in [0.1, 0.15) is 12.2 Å². The zero-order chi connectivity index (χ0) is 14.2. The number of nitrogens with two attached hydrogens (primary N) is 2. The Morgan fingerprint density at radius 1 is 1.47 bits per heavy atom. The van der Waals surface area contributed by atoms with Crippen LogP contribution in [0.1, 0.15) is 6.23 Å². The van der Waals surface area contributed by atoms with Crippen LogP contribution < -0.4 is 17.0 Å². The molecule has 0 aromatic carbocycles. The first kappa shape index (κ1) is 13.5. The number of hydrogen-bond donors (Lipinski definition) is 4. The summed E-state index contributed by atoms with van der Waals surface area (Å²) >= 11 is 0. The third-order valence-corrected chi connectivity index (χ3v) is 3.00. The minimum atomic E-state index is -1.39. The first-order valence-corrected chi connectivity index (χ1v) is 5.51. The van der Waals surface area contributed by atoms with Crippen molar-refractivity contribution in [2.24, 2.45) is 0 Å². The fourth-order valence-corrected chi connectivity index (χ4v) is 1.96. The lowest BCUT2D eigenvalue weighted by Gasteiger charge is -2.18. The van der Waals surface area contributed by atoms with E-state index in [1.54, 1.807) is 0 Å². The number of ether oxygens (including phenoxy) is 1. The fraction of sp³-hybridized carbons (Fsp3) is 0.364. The molecule has 0 bridgehead atoms. The van der Waals surface area contributed by atoms with Crippen LogP contribution >= 0.6 is 0 Å². The topological polar surface area (TPSA) is 124 Å². The van der Waals surface area contributed by atoms with Crippen LogP contribution in [-0.2, 0) is 4.74 Å². The van der Waals surface area contributed by atoms with Gasteiger partial charge in [0, 0.05) is 17.8 Å². The normalized spacial score (nSPS) is 29.0. The number of pyridine rings is 1. The van der Waals surface area contributed by atoms with Gasteiger partial charge in [-0.2, -0.15) is 0 Å². The van der Waals surface area contributed by atoms with E-state index in [4.69, 9.17) is 21.3 Å². The van der Waals surface area contributed by atoms with Crippen LogP contribution in [0.15, 0.2) is 29.0 Å². The molecule has 1 aromatic heterocycles. The van der Waals surface area contributed by atoms with Crippen molar-refractivity contribution in [1.29, 1.82) is 0 Å². The minimum Gasteiger partial charge on any atom is -0.397 e. The van der Waals surface area contributed by atoms with Crippen LogP contribution in [-0.4, -0.2) is 33.6 Å². The van der Waals surface area contributed by atoms with Crippen molar-refractivity contribution in [3.8, 4) is 0 Å². The largest absolute Gasteiger partial charge is 0.397 e. The molecule has 2 heterocycles. The molecule has 0 amide bonds. The van der Waals surface area contributed by atoms with Crippen molar-refractivity contribution in [1.82, 2.24) is 4.57 Å². The summed E-state index contributed by atoms with van der Waals surface area (Å²) in [6, 6.07) is 1.08. The highest BCUT2D eigenvalue weighted by Crippen LogP contribution is 2.33. The van der Waals surface area contributed by atoms with Gasteiger partial charge in [-0.3, -0.25) is 9.36 Å². The van der Waals surface area contributed by atoms with Crippen LogP contribution in [0.4, 0.5) is 15.8 Å². The first-order valence-electron chi connectivity index (χ1n) is 5.51. The average Bonchev–Trinajstić information content (AvgIpc) is 2.70. The molecule has 104 valence electrons. The van der Waals surface area contributed by atoms with E-state index in [2.05, 4.69) is 0 Å². The molecule has 0 spiro atoms. The van der Waals surface area contributed by atoms with Gasteiger partial charge < -0.3 is 26.4 Å². The lowest BCUT2D eigenvalue weighted by Crippen LogP contribution is -2.30. The molecule has 3 atom stereocenters. The summed E-state index contributed by atoms with van der Waals surface area (Å²) in [7, 11) is 0. The Labute approximate surface area is 107 Å². The van der Waals surface area contributed by atoms with E-state index in [9.17, 15) is 14.3 Å². The SMILES string of the molecule is Nc1cc(=O)n(C2OC(CO)/C(=C/F)C2O)cc1N. The van der Waals surface area contributed by atoms with Gasteiger partial charge in [-0.25, -0.2) is 4.39 Å². The average molecular weight is 271 g/mol. The van der Waals surface area contributed by atoms with Crippen molar-refractivity contribution < 1.29 is 19.3 Å². The Balaban J connectivity index is 2.44. The molecule has 0 aliphatic carbocycles. The van der Waals surface area contributed by atoms with Crippen LogP contribution in [0.3, 0.4) is 0 Å². The first-order chi connectivity index (χ1) is 8.99. The number of halogens is 1. The Hall–Kier alpha value is -1.90. The Bertz CT molecular complexity index is 572. The third-order valence-electron chi connectivity index (χ3n) is 3.00. The summed E-state index contributed by atoms with van der Waals surface area (Å²) in [5.74, 6) is 0. The molecule has 1 saturated heterocycles. The maximum Gasteiger partial charge on any atom is 0.254 e. The maximum absolute atomic E-state index is 12.7. The van der Waals surface area contributed by atoms with Gasteiger partial charge in [-0.15, -0.1) is 0 Å². The summed E-state index contributed by atoms with van der Waals surface area (Å²) in [5, 5.41) is 19.0. The number of anilines is 2. The zero-order valence-electron chi connectivity index (χ0n) is 9.86. The molecule has 1 aliphatic rings. The summed E-state index contributed by atoms with van der Waals surface area (Å²) in [5.41, 5.74) is 10.6. The molecular weight excluding hydrogens is 257 g/mol. The second kappa shape index (κ2) is 5.00. The van der Waals surface area contributed by atoms with Crippen molar-refractivity contribution in [3.05, 3.63) is 34.5 Å². The quantitative estimate of drug-likeness (QED) is 0.553. The van der Waals surface area contributed by atoms with Crippen molar-refractivity contribution in [3.63, 3.8) is 0 Å². The second-order valence-corrected chi connectivity index (χ2v) is 4.18. The number of nitrogen functional groups attached to an aromatic ring is 2. The van der Waals surface area contributed by atoms with Crippen LogP contribution in [0, 0.1) is 0 Å². The number of aliphatic hydroxyl groups is 2. The van der Waals surface area contributed by atoms with Crippen LogP contribution in [0.2, 0.25) is 0 Å². The number of aromatic nitrogens is 1. The number of nitrogens with zero attached hydrogens (tertiary/aromatic N) is 1. The molecule has 1 aliphatic heterocycles. The predicted octanol–water partition coefficient (Wildman–Crippen LogP) is -0.883. The van der Waals surface area contributed by atoms with Crippen molar-refractivity contribution in [2.75, 3.05) is 18.1 Å². The molecule has 2 rings (SSSR count). The lowest BCUT2D eigenvalue weighted by molar-refractivity contribution is -0.0519. The zero-order valence-corrected chi connectivity index (χ0v) is 9.86. The highest BCUT2D eigenvalue weighted by Gasteiger charge is 2.40. The van der Waals surface area contributed by atoms with E-state index < -0.39 is 30.6 Å². The van der Waals surface area contributed by atoms with Crippen LogP contribution in [0.5, 0.6) is 0 Å². The molecule has 6 N–H and O–H groups in total. The standard InChI is InChI=1S/C11H14FN3O4/c12-2-5-8(4-16)19-11(10(5)18)15-3-7(14)6(13)1-9(15)17/h1-3,8,10-11,16,18H,4,13-14H2/b5-2-. The lowest BCUT2D eigenvalue weighted by atomic mass is 10.1. The second-order valence-electron chi connectivity index (χ2n) is 4.18. The molecule has 8 heteroatoms. The van der Waals surface area contributed by atoms with Gasteiger partial charge in [0.2, 0.25) is 0 Å². The fourth-order valence-electron chi connectivity index (χ4n) is 1.96. The Morgan fingerprint density at radius 3 is 2.68 bits per heavy atom. The Morgan fingerprint density at radius 2 is 2.16 bits per heavy atom. The smallest absolute Gasteiger partial charge is 0.254 e. The molecule has 1 aromatic rings. The van der Waals surface area contributed by atoms with Crippen LogP contribution in [0.25, 0.3) is 0 Å². The van der Waals surface area contributed by atoms with E-state index in [0.29, 0.717) is 0 Å². The van der Waals surface area contributed by atoms with Gasteiger partial charge in [0.25, 0.3) is 5.56 Å². The highest BCUT2D eigenvalue weighted by atomic mass is 19.1. The monoisotopic (exact) mass is 271 g/mol.